The maximum absolute atomic E-state index is 10.9. The molecule has 0 saturated heterocycles. The molecule has 0 bridgehead atoms. The van der Waals surface area contributed by atoms with E-state index in [1.807, 2.05) is 0 Å². The van der Waals surface area contributed by atoms with Crippen molar-refractivity contribution in [1.82, 2.24) is 10.3 Å². The van der Waals surface area contributed by atoms with Crippen molar-refractivity contribution in [3.63, 3.8) is 0 Å². The van der Waals surface area contributed by atoms with E-state index >= 15 is 0 Å². The second-order valence-corrected chi connectivity index (χ2v) is 4.17. The molecule has 16 heavy (non-hydrogen) atoms. The lowest BCUT2D eigenvalue weighted by Gasteiger charge is -2.15. The van der Waals surface area contributed by atoms with Crippen molar-refractivity contribution in [1.29, 1.82) is 0 Å². The van der Waals surface area contributed by atoms with Crippen molar-refractivity contribution in [2.45, 2.75) is 19.4 Å². The van der Waals surface area contributed by atoms with Crippen LogP contribution in [0.2, 0.25) is 0 Å². The topological polar surface area (TPSA) is 79.3 Å². The number of carboxylic acids is 1. The summed E-state index contributed by atoms with van der Waals surface area (Å²) in [4.78, 5) is 25.6. The van der Waals surface area contributed by atoms with Crippen molar-refractivity contribution in [3.8, 4) is 0 Å². The normalized spacial score (nSPS) is 11.9. The van der Waals surface area contributed by atoms with Crippen molar-refractivity contribution in [2.24, 2.45) is 0 Å². The molecule has 0 aliphatic rings. The van der Waals surface area contributed by atoms with Crippen molar-refractivity contribution in [3.05, 3.63) is 28.5 Å². The minimum atomic E-state index is -0.983. The highest BCUT2D eigenvalue weighted by Crippen LogP contribution is 2.16. The molecule has 1 rings (SSSR count). The van der Waals surface area contributed by atoms with E-state index in [4.69, 9.17) is 5.11 Å². The molecule has 1 aromatic rings. The summed E-state index contributed by atoms with van der Waals surface area (Å²) in [6.45, 7) is 1.34. The zero-order valence-corrected chi connectivity index (χ0v) is 10.2. The Morgan fingerprint density at radius 2 is 2.25 bits per heavy atom. The molecule has 6 heteroatoms. The lowest BCUT2D eigenvalue weighted by atomic mass is 10.1. The van der Waals surface area contributed by atoms with E-state index in [1.54, 1.807) is 18.3 Å². The van der Waals surface area contributed by atoms with Crippen LogP contribution in [-0.4, -0.2) is 22.0 Å². The van der Waals surface area contributed by atoms with Crippen LogP contribution in [0.3, 0.4) is 0 Å². The molecule has 86 valence electrons. The molecule has 5 nitrogen and oxygen atoms in total. The number of carboxylic acid groups (broad SMARTS) is 1. The second kappa shape index (κ2) is 5.60. The fourth-order valence-corrected chi connectivity index (χ4v) is 1.48. The van der Waals surface area contributed by atoms with Crippen LogP contribution in [0, 0.1) is 0 Å². The quantitative estimate of drug-likeness (QED) is 0.879. The first-order chi connectivity index (χ1) is 7.49. The van der Waals surface area contributed by atoms with Crippen LogP contribution in [0.4, 0.5) is 0 Å². The number of aliphatic carboxylic acids is 1. The number of hydrogen-bond acceptors (Lipinski definition) is 3. The van der Waals surface area contributed by atoms with Crippen LogP contribution >= 0.6 is 15.9 Å². The Balaban J connectivity index is 2.86. The first-order valence-electron chi connectivity index (χ1n) is 4.59. The number of nitrogens with one attached hydrogen (secondary N) is 1. The molecular formula is C10H11BrN2O3. The van der Waals surface area contributed by atoms with E-state index in [1.165, 1.54) is 6.92 Å². The standard InChI is InChI=1S/C10H11BrN2O3/c1-6(14)13-9(4-10(15)16)8-3-2-7(11)5-12-8/h2-3,5,9H,4H2,1H3,(H,13,14)(H,15,16)/t9-/m1/s1. The number of carbonyl (C=O) groups is 2. The van der Waals surface area contributed by atoms with Crippen LogP contribution in [0.5, 0.6) is 0 Å². The van der Waals surface area contributed by atoms with Gasteiger partial charge in [-0.05, 0) is 28.1 Å². The minimum Gasteiger partial charge on any atom is -0.481 e. The summed E-state index contributed by atoms with van der Waals surface area (Å²) in [6.07, 6.45) is 1.38. The van der Waals surface area contributed by atoms with Gasteiger partial charge in [0.1, 0.15) is 0 Å². The molecule has 1 aromatic heterocycles. The number of pyridine rings is 1. The Morgan fingerprint density at radius 1 is 1.56 bits per heavy atom. The molecule has 0 aromatic carbocycles. The third-order valence-corrected chi connectivity index (χ3v) is 2.33. The molecule has 1 heterocycles. The lowest BCUT2D eigenvalue weighted by Crippen LogP contribution is -2.28. The van der Waals surface area contributed by atoms with E-state index in [-0.39, 0.29) is 12.3 Å². The van der Waals surface area contributed by atoms with E-state index in [0.717, 1.165) is 4.47 Å². The van der Waals surface area contributed by atoms with E-state index in [0.29, 0.717) is 5.69 Å². The maximum atomic E-state index is 10.9. The van der Waals surface area contributed by atoms with Crippen molar-refractivity contribution < 1.29 is 14.7 Å². The highest BCUT2D eigenvalue weighted by molar-refractivity contribution is 9.10. The fourth-order valence-electron chi connectivity index (χ4n) is 1.24. The average molecular weight is 287 g/mol. The summed E-state index contributed by atoms with van der Waals surface area (Å²) in [5.74, 6) is -1.26. The molecule has 0 unspecified atom stereocenters. The molecule has 2 N–H and O–H groups in total. The molecule has 0 aliphatic heterocycles. The molecule has 0 radical (unpaired) electrons. The first kappa shape index (κ1) is 12.6. The lowest BCUT2D eigenvalue weighted by molar-refractivity contribution is -0.137. The summed E-state index contributed by atoms with van der Waals surface area (Å²) < 4.78 is 0.799. The molecule has 0 aliphatic carbocycles. The first-order valence-corrected chi connectivity index (χ1v) is 5.38. The molecule has 0 fully saturated rings. The number of hydrogen-bond donors (Lipinski definition) is 2. The fraction of sp³-hybridized carbons (Fsp3) is 0.300. The predicted molar refractivity (Wildman–Crippen MR) is 60.7 cm³/mol. The van der Waals surface area contributed by atoms with Gasteiger partial charge in [0.2, 0.25) is 5.91 Å². The van der Waals surface area contributed by atoms with Gasteiger partial charge < -0.3 is 10.4 Å². The van der Waals surface area contributed by atoms with Crippen molar-refractivity contribution in [2.75, 3.05) is 0 Å². The monoisotopic (exact) mass is 286 g/mol. The second-order valence-electron chi connectivity index (χ2n) is 3.25. The van der Waals surface area contributed by atoms with Gasteiger partial charge in [0.05, 0.1) is 18.2 Å². The van der Waals surface area contributed by atoms with Gasteiger partial charge >= 0.3 is 5.97 Å². The number of aromatic nitrogens is 1. The Morgan fingerprint density at radius 3 is 2.69 bits per heavy atom. The number of halogens is 1. The highest BCUT2D eigenvalue weighted by atomic mass is 79.9. The highest BCUT2D eigenvalue weighted by Gasteiger charge is 2.17. The van der Waals surface area contributed by atoms with E-state index in [9.17, 15) is 9.59 Å². The van der Waals surface area contributed by atoms with Crippen molar-refractivity contribution >= 4 is 27.8 Å². The van der Waals surface area contributed by atoms with Crippen LogP contribution in [0.15, 0.2) is 22.8 Å². The average Bonchev–Trinajstić information content (AvgIpc) is 2.16. The van der Waals surface area contributed by atoms with Crippen LogP contribution in [0.25, 0.3) is 0 Å². The summed E-state index contributed by atoms with van der Waals surface area (Å²) in [5, 5.41) is 11.3. The SMILES string of the molecule is CC(=O)N[C@H](CC(=O)O)c1ccc(Br)cn1. The van der Waals surface area contributed by atoms with E-state index in [2.05, 4.69) is 26.2 Å². The van der Waals surface area contributed by atoms with Gasteiger partial charge in [0, 0.05) is 17.6 Å². The third-order valence-electron chi connectivity index (χ3n) is 1.86. The Bertz CT molecular complexity index is 376. The summed E-state index contributed by atoms with van der Waals surface area (Å²) >= 11 is 3.23. The number of carbonyl (C=O) groups excluding carboxylic acids is 1. The zero-order valence-electron chi connectivity index (χ0n) is 8.61. The predicted octanol–water partition coefficient (Wildman–Crippen LogP) is 1.50. The zero-order chi connectivity index (χ0) is 12.1. The Kier molecular flexibility index (Phi) is 4.42. The van der Waals surface area contributed by atoms with E-state index < -0.39 is 12.0 Å². The van der Waals surface area contributed by atoms with Gasteiger partial charge in [-0.25, -0.2) is 0 Å². The van der Waals surface area contributed by atoms with Crippen LogP contribution < -0.4 is 5.32 Å². The van der Waals surface area contributed by atoms with Gasteiger partial charge in [-0.3, -0.25) is 14.6 Å². The third kappa shape index (κ3) is 3.98. The number of amides is 1. The Labute approximate surface area is 101 Å². The van der Waals surface area contributed by atoms with Gasteiger partial charge in [0.15, 0.2) is 0 Å². The van der Waals surface area contributed by atoms with Gasteiger partial charge in [-0.1, -0.05) is 0 Å². The molecule has 1 atom stereocenters. The molecule has 0 saturated carbocycles. The minimum absolute atomic E-state index is 0.186. The van der Waals surface area contributed by atoms with Crippen LogP contribution in [0.1, 0.15) is 25.1 Å². The summed E-state index contributed by atoms with van der Waals surface area (Å²) in [7, 11) is 0. The van der Waals surface area contributed by atoms with Crippen LogP contribution in [-0.2, 0) is 9.59 Å². The number of nitrogens with zero attached hydrogens (tertiary/aromatic N) is 1. The maximum Gasteiger partial charge on any atom is 0.305 e. The smallest absolute Gasteiger partial charge is 0.305 e. The Hall–Kier alpha value is -1.43. The summed E-state index contributed by atoms with van der Waals surface area (Å²) in [6, 6.07) is 2.83. The van der Waals surface area contributed by atoms with Gasteiger partial charge in [-0.2, -0.15) is 0 Å². The number of rotatable bonds is 4. The largest absolute Gasteiger partial charge is 0.481 e. The molecule has 1 amide bonds. The molecule has 0 spiro atoms. The summed E-state index contributed by atoms with van der Waals surface area (Å²) in [5.41, 5.74) is 0.529. The molecular weight excluding hydrogens is 276 g/mol. The van der Waals surface area contributed by atoms with Gasteiger partial charge in [0.25, 0.3) is 0 Å². The van der Waals surface area contributed by atoms with Gasteiger partial charge in [-0.15, -0.1) is 0 Å².